The predicted octanol–water partition coefficient (Wildman–Crippen LogP) is -1.53. The maximum absolute atomic E-state index is 10.0. The van der Waals surface area contributed by atoms with E-state index >= 15 is 0 Å². The average Bonchev–Trinajstić information content (AvgIpc) is 2.15. The molecule has 5 heteroatoms. The number of aliphatic hydroxyl groups is 3. The molecule has 3 atom stereocenters. The number of carbonyl (C=O) groups excluding carboxylic acids is 1. The highest BCUT2D eigenvalue weighted by molar-refractivity contribution is 5.56. The van der Waals surface area contributed by atoms with Gasteiger partial charge in [0.05, 0.1) is 13.2 Å². The van der Waals surface area contributed by atoms with Crippen LogP contribution in [0.1, 0.15) is 0 Å². The van der Waals surface area contributed by atoms with Gasteiger partial charge in [-0.1, -0.05) is 6.08 Å². The second kappa shape index (κ2) is 6.73. The topological polar surface area (TPSA) is 87.0 Å². The summed E-state index contributed by atoms with van der Waals surface area (Å²) in [7, 11) is 0. The fourth-order valence-corrected chi connectivity index (χ4v) is 0.679. The van der Waals surface area contributed by atoms with Crippen molar-refractivity contribution in [1.29, 1.82) is 0 Å². The standard InChI is InChI=1S/C8H14O5/c1-2-3-13-5-7(11)8(12)6(10)4-9/h2,4,6-8,10-12H,1,3,5H2/t6-,7+,8-/m0/s1. The van der Waals surface area contributed by atoms with Gasteiger partial charge >= 0.3 is 0 Å². The molecule has 0 saturated carbocycles. The first-order valence-corrected chi connectivity index (χ1v) is 3.81. The maximum atomic E-state index is 10.0. The molecule has 0 fully saturated rings. The number of carbonyl (C=O) groups is 1. The summed E-state index contributed by atoms with van der Waals surface area (Å²) in [6, 6.07) is 0. The highest BCUT2D eigenvalue weighted by atomic mass is 16.5. The second-order valence-corrected chi connectivity index (χ2v) is 2.51. The van der Waals surface area contributed by atoms with Crippen molar-refractivity contribution in [2.45, 2.75) is 18.3 Å². The summed E-state index contributed by atoms with van der Waals surface area (Å²) < 4.78 is 4.81. The molecule has 0 bridgehead atoms. The fourth-order valence-electron chi connectivity index (χ4n) is 0.679. The lowest BCUT2D eigenvalue weighted by Crippen LogP contribution is -2.40. The van der Waals surface area contributed by atoms with Crippen LogP contribution in [0.15, 0.2) is 12.7 Å². The number of aliphatic hydroxyl groups excluding tert-OH is 3. The third kappa shape index (κ3) is 4.74. The summed E-state index contributed by atoms with van der Waals surface area (Å²) in [5.41, 5.74) is 0. The molecule has 5 nitrogen and oxygen atoms in total. The van der Waals surface area contributed by atoms with E-state index in [-0.39, 0.29) is 19.5 Å². The minimum Gasteiger partial charge on any atom is -0.388 e. The van der Waals surface area contributed by atoms with E-state index in [9.17, 15) is 4.79 Å². The summed E-state index contributed by atoms with van der Waals surface area (Å²) in [6.07, 6.45) is -2.74. The van der Waals surface area contributed by atoms with Gasteiger partial charge in [0.2, 0.25) is 0 Å². The van der Waals surface area contributed by atoms with Crippen LogP contribution in [0.5, 0.6) is 0 Å². The summed E-state index contributed by atoms with van der Waals surface area (Å²) in [5, 5.41) is 27.0. The molecule has 0 spiro atoms. The normalized spacial score (nSPS) is 17.5. The van der Waals surface area contributed by atoms with E-state index in [2.05, 4.69) is 6.58 Å². The molecule has 0 radical (unpaired) electrons. The van der Waals surface area contributed by atoms with Gasteiger partial charge in [-0.25, -0.2) is 0 Å². The molecule has 0 amide bonds. The van der Waals surface area contributed by atoms with E-state index in [0.29, 0.717) is 0 Å². The zero-order valence-corrected chi connectivity index (χ0v) is 7.17. The minimum absolute atomic E-state index is 0.154. The summed E-state index contributed by atoms with van der Waals surface area (Å²) in [6.45, 7) is 3.46. The minimum atomic E-state index is -1.58. The van der Waals surface area contributed by atoms with Gasteiger partial charge in [0.15, 0.2) is 6.29 Å². The second-order valence-electron chi connectivity index (χ2n) is 2.51. The Morgan fingerprint density at radius 1 is 1.38 bits per heavy atom. The SMILES string of the molecule is C=CCOC[C@@H](O)[C@@H](O)[C@@H](O)C=O. The Bertz CT molecular complexity index is 159. The van der Waals surface area contributed by atoms with E-state index in [4.69, 9.17) is 20.1 Å². The van der Waals surface area contributed by atoms with E-state index in [1.165, 1.54) is 6.08 Å². The third-order valence-corrected chi connectivity index (χ3v) is 1.41. The first kappa shape index (κ1) is 12.2. The van der Waals surface area contributed by atoms with Crippen LogP contribution in [-0.2, 0) is 9.53 Å². The van der Waals surface area contributed by atoms with Gasteiger partial charge in [-0.2, -0.15) is 0 Å². The summed E-state index contributed by atoms with van der Waals surface area (Å²) in [5.74, 6) is 0. The number of ether oxygens (including phenoxy) is 1. The van der Waals surface area contributed by atoms with Crippen LogP contribution in [0.3, 0.4) is 0 Å². The molecule has 3 N–H and O–H groups in total. The van der Waals surface area contributed by atoms with Crippen molar-refractivity contribution in [3.63, 3.8) is 0 Å². The van der Waals surface area contributed by atoms with E-state index in [1.54, 1.807) is 0 Å². The first-order valence-electron chi connectivity index (χ1n) is 3.81. The lowest BCUT2D eigenvalue weighted by Gasteiger charge is -2.18. The highest BCUT2D eigenvalue weighted by Crippen LogP contribution is 1.99. The van der Waals surface area contributed by atoms with Crippen LogP contribution in [0.2, 0.25) is 0 Å². The largest absolute Gasteiger partial charge is 0.388 e. The van der Waals surface area contributed by atoms with Gasteiger partial charge in [-0.15, -0.1) is 6.58 Å². The Hall–Kier alpha value is -0.750. The summed E-state index contributed by atoms with van der Waals surface area (Å²) >= 11 is 0. The Morgan fingerprint density at radius 3 is 2.46 bits per heavy atom. The summed E-state index contributed by atoms with van der Waals surface area (Å²) in [4.78, 5) is 10.0. The molecular formula is C8H14O5. The number of hydrogen-bond acceptors (Lipinski definition) is 5. The van der Waals surface area contributed by atoms with Crippen molar-refractivity contribution in [3.05, 3.63) is 12.7 Å². The van der Waals surface area contributed by atoms with Crippen LogP contribution in [-0.4, -0.2) is 53.1 Å². The lowest BCUT2D eigenvalue weighted by molar-refractivity contribution is -0.129. The molecular weight excluding hydrogens is 176 g/mol. The zero-order chi connectivity index (χ0) is 10.3. The van der Waals surface area contributed by atoms with Crippen molar-refractivity contribution in [1.82, 2.24) is 0 Å². The molecule has 0 unspecified atom stereocenters. The van der Waals surface area contributed by atoms with Gasteiger partial charge in [0.1, 0.15) is 18.3 Å². The molecule has 0 aliphatic rings. The zero-order valence-electron chi connectivity index (χ0n) is 7.17. The van der Waals surface area contributed by atoms with Crippen LogP contribution in [0.25, 0.3) is 0 Å². The lowest BCUT2D eigenvalue weighted by atomic mass is 10.1. The fraction of sp³-hybridized carbons (Fsp3) is 0.625. The average molecular weight is 190 g/mol. The van der Waals surface area contributed by atoms with Crippen molar-refractivity contribution >= 4 is 6.29 Å². The first-order chi connectivity index (χ1) is 6.13. The Labute approximate surface area is 76.3 Å². The van der Waals surface area contributed by atoms with Crippen molar-refractivity contribution < 1.29 is 24.9 Å². The van der Waals surface area contributed by atoms with Crippen molar-refractivity contribution in [2.75, 3.05) is 13.2 Å². The molecule has 76 valence electrons. The van der Waals surface area contributed by atoms with Gasteiger partial charge in [-0.3, -0.25) is 0 Å². The van der Waals surface area contributed by atoms with Crippen molar-refractivity contribution in [2.24, 2.45) is 0 Å². The van der Waals surface area contributed by atoms with Crippen LogP contribution in [0, 0.1) is 0 Å². The van der Waals surface area contributed by atoms with Crippen molar-refractivity contribution in [3.8, 4) is 0 Å². The quantitative estimate of drug-likeness (QED) is 0.257. The Balaban J connectivity index is 3.73. The highest BCUT2D eigenvalue weighted by Gasteiger charge is 2.23. The Morgan fingerprint density at radius 2 is 2.00 bits per heavy atom. The van der Waals surface area contributed by atoms with Crippen LogP contribution >= 0.6 is 0 Å². The third-order valence-electron chi connectivity index (χ3n) is 1.41. The van der Waals surface area contributed by atoms with E-state index in [0.717, 1.165) is 0 Å². The molecule has 0 aliphatic heterocycles. The molecule has 0 aliphatic carbocycles. The molecule has 0 saturated heterocycles. The Kier molecular flexibility index (Phi) is 6.34. The van der Waals surface area contributed by atoms with Gasteiger partial charge in [0, 0.05) is 0 Å². The molecule has 0 heterocycles. The molecule has 0 rings (SSSR count). The molecule has 13 heavy (non-hydrogen) atoms. The number of hydrogen-bond donors (Lipinski definition) is 3. The molecule has 0 aromatic rings. The monoisotopic (exact) mass is 190 g/mol. The van der Waals surface area contributed by atoms with Crippen LogP contribution < -0.4 is 0 Å². The van der Waals surface area contributed by atoms with E-state index < -0.39 is 18.3 Å². The van der Waals surface area contributed by atoms with Gasteiger partial charge < -0.3 is 24.9 Å². The number of rotatable bonds is 7. The molecule has 0 aromatic heterocycles. The molecule has 0 aromatic carbocycles. The predicted molar refractivity (Wildman–Crippen MR) is 45.1 cm³/mol. The van der Waals surface area contributed by atoms with Gasteiger partial charge in [0.25, 0.3) is 0 Å². The van der Waals surface area contributed by atoms with Crippen LogP contribution in [0.4, 0.5) is 0 Å². The maximum Gasteiger partial charge on any atom is 0.151 e. The van der Waals surface area contributed by atoms with Gasteiger partial charge in [-0.05, 0) is 0 Å². The smallest absolute Gasteiger partial charge is 0.151 e. The number of aldehydes is 1. The van der Waals surface area contributed by atoms with E-state index in [1.807, 2.05) is 0 Å².